The Kier molecular flexibility index (Phi) is 32.8. The minimum atomic E-state index is -0.130. The summed E-state index contributed by atoms with van der Waals surface area (Å²) < 4.78 is 55.1. The number of thiazole rings is 4. The number of para-hydroxylation sites is 4. The number of nitrogen functional groups attached to an aromatic ring is 1. The molecule has 758 valence electrons. The number of ketones is 2. The van der Waals surface area contributed by atoms with E-state index in [-0.39, 0.29) is 60.1 Å². The van der Waals surface area contributed by atoms with Gasteiger partial charge in [-0.3, -0.25) is 32.7 Å². The number of imidazole rings is 4. The number of pyridine rings is 4. The van der Waals surface area contributed by atoms with Gasteiger partial charge >= 0.3 is 0 Å². The normalized spacial score (nSPS) is 17.2. The van der Waals surface area contributed by atoms with Crippen molar-refractivity contribution in [3.8, 4) is 65.3 Å². The Balaban J connectivity index is 0.000000121. The van der Waals surface area contributed by atoms with E-state index in [0.29, 0.717) is 62.3 Å². The van der Waals surface area contributed by atoms with E-state index in [1.165, 1.54) is 0 Å². The summed E-state index contributed by atoms with van der Waals surface area (Å²) in [4.78, 5) is 91.7. The molecular formula is C106H118Cl3N21O11S4. The first-order valence-electron chi connectivity index (χ1n) is 49.1. The number of benzene rings is 4. The molecule has 16 aromatic rings. The van der Waals surface area contributed by atoms with Crippen LogP contribution in [-0.4, -0.2) is 150 Å². The second-order valence-electron chi connectivity index (χ2n) is 37.0. The van der Waals surface area contributed by atoms with Crippen LogP contribution in [0.1, 0.15) is 198 Å². The number of hydrogen-bond donors (Lipinski definition) is 5. The van der Waals surface area contributed by atoms with Crippen LogP contribution in [0.3, 0.4) is 0 Å². The number of primary amides is 1. The number of amides is 1. The lowest BCUT2D eigenvalue weighted by atomic mass is 10.1. The molecule has 4 atom stereocenters. The molecule has 32 nitrogen and oxygen atoms in total. The number of anilines is 7. The number of nitrogens with one attached hydrogen (secondary N) is 3. The number of nitrogens with zero attached hydrogens (tertiary/aromatic N) is 16. The number of aromatic nitrogens is 16. The molecule has 0 spiro atoms. The van der Waals surface area contributed by atoms with Crippen molar-refractivity contribution in [3.05, 3.63) is 191 Å². The summed E-state index contributed by atoms with van der Waals surface area (Å²) in [7, 11) is 6.63. The third-order valence-corrected chi connectivity index (χ3v) is 30.6. The van der Waals surface area contributed by atoms with Gasteiger partial charge in [0.25, 0.3) is 0 Å². The molecule has 16 heterocycles. The molecule has 23 rings (SSSR count). The van der Waals surface area contributed by atoms with Gasteiger partial charge in [0.05, 0.1) is 107 Å². The van der Waals surface area contributed by atoms with E-state index in [9.17, 15) is 14.4 Å². The minimum absolute atomic E-state index is 0.00853. The Labute approximate surface area is 871 Å². The molecule has 3 aliphatic carbocycles. The number of ether oxygens (including phenoxy) is 8. The van der Waals surface area contributed by atoms with E-state index in [1.54, 1.807) is 85.9 Å². The van der Waals surface area contributed by atoms with Crippen LogP contribution in [0.25, 0.3) is 86.9 Å². The summed E-state index contributed by atoms with van der Waals surface area (Å²) in [6, 6.07) is 31.0. The van der Waals surface area contributed by atoms with Crippen LogP contribution in [0.5, 0.6) is 23.0 Å². The van der Waals surface area contributed by atoms with E-state index in [1.807, 2.05) is 166 Å². The summed E-state index contributed by atoms with van der Waals surface area (Å²) in [5.74, 6) is 7.24. The zero-order valence-electron chi connectivity index (χ0n) is 83.1. The predicted octanol–water partition coefficient (Wildman–Crippen LogP) is 24.9. The third kappa shape index (κ3) is 23.9. The average molecular weight is 2100 g/mol. The van der Waals surface area contributed by atoms with E-state index < -0.39 is 0 Å². The predicted molar refractivity (Wildman–Crippen MR) is 574 cm³/mol. The van der Waals surface area contributed by atoms with Gasteiger partial charge in [0.1, 0.15) is 112 Å². The topological polar surface area (TPSA) is 388 Å². The number of nitrogens with two attached hydrogens (primary N) is 2. The van der Waals surface area contributed by atoms with E-state index in [4.69, 9.17) is 109 Å². The molecule has 145 heavy (non-hydrogen) atoms. The Morgan fingerprint density at radius 3 is 0.945 bits per heavy atom. The highest BCUT2D eigenvalue weighted by Crippen LogP contribution is 2.48. The Bertz CT molecular complexity index is 7160. The highest BCUT2D eigenvalue weighted by atomic mass is 35.5. The number of aryl methyl sites for hydroxylation is 8. The molecular weight excluding hydrogens is 1980 g/mol. The number of rotatable bonds is 25. The molecule has 7 fully saturated rings. The maximum Gasteiger partial charge on any atom is 0.220 e. The van der Waals surface area contributed by atoms with Gasteiger partial charge in [-0.1, -0.05) is 59.1 Å². The van der Waals surface area contributed by atoms with Crippen molar-refractivity contribution in [2.75, 3.05) is 76.6 Å². The third-order valence-electron chi connectivity index (χ3n) is 25.9. The van der Waals surface area contributed by atoms with Crippen molar-refractivity contribution in [1.82, 2.24) is 78.1 Å². The van der Waals surface area contributed by atoms with Crippen molar-refractivity contribution < 1.29 is 52.3 Å². The summed E-state index contributed by atoms with van der Waals surface area (Å²) in [5.41, 5.74) is 31.2. The Morgan fingerprint density at radius 2 is 0.655 bits per heavy atom. The highest BCUT2D eigenvalue weighted by molar-refractivity contribution is 7.14. The van der Waals surface area contributed by atoms with Gasteiger partial charge in [-0.2, -0.15) is 0 Å². The standard InChI is InChI=1S/2C28H31N5O3S.C23H24ClN5O2S.C12H13Cl2N3O.C11H12N2OS.C4H7NO/c2*1-16-15-37-28(29-16)20-7-6-8-21(26(20)35-3)32-22-13-19(14-23(34)18-10-11-18)31-27-25(22)30-17(2)33(27)24-9-4-5-12-36-24;1-13-12-32-23(25-13)15-7-6-8-16(21(15)30-3)27-17-11-18(24)28-22-20(17)26-14(2)29(22)19-9-4-5-10-31-19;1-7-15-11-8(13)6-9(14)16-12(11)17(7)10-4-2-3-5-18-10;1-7-6-15-11(13-7)8-4-3-5-9(12)10(8)14-2;5-4(6)3-1-2-3/h2*6-8,13,15,18,24H,4-5,9-12,14H2,1-3H3,(H,31,32);6-8,11-12,19H,4-5,9-10H2,1-3H3,(H,27,28);6,10H,2-5H2,1H3;3-6H,12H2,1-2H3;3H,1-2H2,(H2,5,6). The van der Waals surface area contributed by atoms with Gasteiger partial charge < -0.3 is 65.3 Å². The van der Waals surface area contributed by atoms with Gasteiger partial charge in [0.15, 0.2) is 45.6 Å². The first-order chi connectivity index (χ1) is 70.3. The monoisotopic (exact) mass is 2090 g/mol. The molecule has 4 aliphatic heterocycles. The molecule has 0 bridgehead atoms. The highest BCUT2D eigenvalue weighted by Gasteiger charge is 2.35. The lowest BCUT2D eigenvalue weighted by Crippen LogP contribution is -2.19. The van der Waals surface area contributed by atoms with Crippen LogP contribution in [0.2, 0.25) is 15.3 Å². The van der Waals surface area contributed by atoms with Crippen LogP contribution in [0.15, 0.2) is 119 Å². The van der Waals surface area contributed by atoms with Crippen LogP contribution in [0.4, 0.5) is 39.8 Å². The number of methoxy groups -OCH3 is 4. The van der Waals surface area contributed by atoms with Gasteiger partial charge in [-0.15, -0.1) is 45.3 Å². The lowest BCUT2D eigenvalue weighted by molar-refractivity contribution is -0.120. The van der Waals surface area contributed by atoms with E-state index in [2.05, 4.69) is 64.5 Å². The first-order valence-corrected chi connectivity index (χ1v) is 53.7. The van der Waals surface area contributed by atoms with Crippen LogP contribution in [0, 0.1) is 73.1 Å². The number of hydrogen-bond acceptors (Lipinski definition) is 31. The van der Waals surface area contributed by atoms with Gasteiger partial charge in [-0.05, 0) is 238 Å². The Hall–Kier alpha value is -12.2. The number of Topliss-reactive ketones (excluding diaryl/α,β-unsaturated/α-hetero) is 2. The fourth-order valence-corrected chi connectivity index (χ4v) is 22.4. The van der Waals surface area contributed by atoms with Crippen molar-refractivity contribution in [2.45, 2.75) is 209 Å². The van der Waals surface area contributed by atoms with Crippen molar-refractivity contribution in [3.63, 3.8) is 0 Å². The zero-order valence-corrected chi connectivity index (χ0v) is 88.7. The SMILES string of the molecule is COc1c(N)cccc1-c1nc(C)cs1.COc1c(Nc2cc(CC(=O)C3CC3)nc3c2nc(C)n3C2CCCCO2)cccc1-c1nc(C)cs1.COc1c(Nc2cc(CC(=O)C3CC3)nc3c2nc(C)n3C2CCCCO2)cccc1-c1nc(C)cs1.COc1c(Nc2cc(Cl)nc3c2nc(C)n3C2CCCCO2)cccc1-c1nc(C)cs1.Cc1nc2c(Cl)cc(Cl)nc2n1C1CCCCO1.NC(=O)C1CC1. The van der Waals surface area contributed by atoms with Gasteiger partial charge in [0.2, 0.25) is 5.91 Å². The molecule has 7 N–H and O–H groups in total. The molecule has 3 saturated carbocycles. The summed E-state index contributed by atoms with van der Waals surface area (Å²) in [6.45, 7) is 18.8. The van der Waals surface area contributed by atoms with E-state index >= 15 is 0 Å². The molecule has 4 saturated heterocycles. The second kappa shape index (κ2) is 46.3. The summed E-state index contributed by atoms with van der Waals surface area (Å²) in [6.07, 6.45) is 18.9. The molecule has 12 aromatic heterocycles. The zero-order chi connectivity index (χ0) is 101. The number of fused-ring (bicyclic) bond motifs is 4. The number of halogens is 3. The van der Waals surface area contributed by atoms with Crippen LogP contribution in [-0.2, 0) is 46.2 Å². The number of carbonyl (C=O) groups is 3. The van der Waals surface area contributed by atoms with Crippen molar-refractivity contribution >= 4 is 182 Å². The minimum Gasteiger partial charge on any atom is -0.494 e. The molecule has 1 amide bonds. The largest absolute Gasteiger partial charge is 0.494 e. The van der Waals surface area contributed by atoms with Crippen LogP contribution >= 0.6 is 80.1 Å². The van der Waals surface area contributed by atoms with Crippen molar-refractivity contribution in [1.29, 1.82) is 0 Å². The average Bonchev–Trinajstić information content (AvgIpc) is 1.60. The first kappa shape index (κ1) is 103. The second-order valence-corrected chi connectivity index (χ2v) is 41.6. The maximum absolute atomic E-state index is 12.7. The van der Waals surface area contributed by atoms with Crippen molar-refractivity contribution in [2.24, 2.45) is 23.5 Å². The molecule has 0 radical (unpaired) electrons. The summed E-state index contributed by atoms with van der Waals surface area (Å²) >= 11 is 24.9. The number of carbonyl (C=O) groups excluding carboxylic acids is 3. The van der Waals surface area contributed by atoms with Gasteiger partial charge in [-0.25, -0.2) is 59.8 Å². The van der Waals surface area contributed by atoms with Crippen LogP contribution < -0.4 is 46.4 Å². The fraction of sp³-hybridized carbons (Fsp3) is 0.406. The molecule has 4 unspecified atom stereocenters. The molecule has 7 aliphatic rings. The maximum atomic E-state index is 12.7. The van der Waals surface area contributed by atoms with Gasteiger partial charge in [0, 0.05) is 107 Å². The van der Waals surface area contributed by atoms with E-state index in [0.717, 1.165) is 315 Å². The smallest absolute Gasteiger partial charge is 0.220 e. The fourth-order valence-electron chi connectivity index (χ4n) is 18.4. The summed E-state index contributed by atoms with van der Waals surface area (Å²) in [5, 5.41) is 23.7. The molecule has 4 aromatic carbocycles. The quantitative estimate of drug-likeness (QED) is 0.0262. The Morgan fingerprint density at radius 1 is 0.359 bits per heavy atom. The molecule has 39 heteroatoms. The lowest BCUT2D eigenvalue weighted by Gasteiger charge is -2.25.